The summed E-state index contributed by atoms with van der Waals surface area (Å²) in [5, 5.41) is 0.715. The Labute approximate surface area is 123 Å². The molecular formula is C15H14ClNOS. The summed E-state index contributed by atoms with van der Waals surface area (Å²) in [6.45, 7) is 0.453. The van der Waals surface area contributed by atoms with E-state index in [-0.39, 0.29) is 0 Å². The molecule has 0 aliphatic heterocycles. The monoisotopic (exact) mass is 291 g/mol. The Morgan fingerprint density at radius 3 is 2.42 bits per heavy atom. The predicted octanol–water partition coefficient (Wildman–Crippen LogP) is 3.75. The van der Waals surface area contributed by atoms with E-state index in [2.05, 4.69) is 0 Å². The normalized spacial score (nSPS) is 10.2. The number of hydrogen-bond acceptors (Lipinski definition) is 2. The molecule has 0 saturated heterocycles. The molecule has 0 aromatic heterocycles. The SMILES string of the molecule is NC(=S)Cc1ccc(OCc2ccccc2Cl)cc1. The molecule has 98 valence electrons. The molecule has 0 unspecified atom stereocenters. The zero-order valence-corrected chi connectivity index (χ0v) is 11.9. The summed E-state index contributed by atoms with van der Waals surface area (Å²) in [5.74, 6) is 0.798. The van der Waals surface area contributed by atoms with Gasteiger partial charge in [0.25, 0.3) is 0 Å². The molecule has 2 rings (SSSR count). The Kier molecular flexibility index (Phi) is 4.77. The van der Waals surface area contributed by atoms with Crippen LogP contribution in [-0.2, 0) is 13.0 Å². The van der Waals surface area contributed by atoms with Crippen molar-refractivity contribution in [3.05, 3.63) is 64.7 Å². The summed E-state index contributed by atoms with van der Waals surface area (Å²) >= 11 is 10.9. The molecule has 0 aliphatic carbocycles. The van der Waals surface area contributed by atoms with E-state index in [1.807, 2.05) is 48.5 Å². The van der Waals surface area contributed by atoms with Crippen molar-refractivity contribution in [1.29, 1.82) is 0 Å². The predicted molar refractivity (Wildman–Crippen MR) is 82.7 cm³/mol. The third kappa shape index (κ3) is 4.23. The van der Waals surface area contributed by atoms with E-state index < -0.39 is 0 Å². The minimum Gasteiger partial charge on any atom is -0.489 e. The van der Waals surface area contributed by atoms with Crippen molar-refractivity contribution in [2.45, 2.75) is 13.0 Å². The van der Waals surface area contributed by atoms with Gasteiger partial charge in [-0.3, -0.25) is 0 Å². The highest BCUT2D eigenvalue weighted by Gasteiger charge is 2.01. The van der Waals surface area contributed by atoms with Crippen LogP contribution in [0.2, 0.25) is 5.02 Å². The summed E-state index contributed by atoms with van der Waals surface area (Å²) < 4.78 is 5.68. The molecule has 0 atom stereocenters. The van der Waals surface area contributed by atoms with Crippen LogP contribution in [0.1, 0.15) is 11.1 Å². The van der Waals surface area contributed by atoms with Gasteiger partial charge in [0.15, 0.2) is 0 Å². The van der Waals surface area contributed by atoms with Crippen molar-refractivity contribution < 1.29 is 4.74 Å². The molecule has 0 fully saturated rings. The van der Waals surface area contributed by atoms with Crippen molar-refractivity contribution in [2.75, 3.05) is 0 Å². The first-order valence-corrected chi connectivity index (χ1v) is 6.67. The van der Waals surface area contributed by atoms with Crippen LogP contribution in [0.15, 0.2) is 48.5 Å². The largest absolute Gasteiger partial charge is 0.489 e. The summed E-state index contributed by atoms with van der Waals surface area (Å²) in [6, 6.07) is 15.4. The molecule has 0 bridgehead atoms. The number of halogens is 1. The molecule has 2 N–H and O–H groups in total. The highest BCUT2D eigenvalue weighted by molar-refractivity contribution is 7.80. The van der Waals surface area contributed by atoms with E-state index in [0.717, 1.165) is 16.9 Å². The second-order valence-corrected chi connectivity index (χ2v) is 5.10. The van der Waals surface area contributed by atoms with E-state index in [4.69, 9.17) is 34.3 Å². The molecule has 0 spiro atoms. The highest BCUT2D eigenvalue weighted by Crippen LogP contribution is 2.19. The van der Waals surface area contributed by atoms with Crippen molar-refractivity contribution >= 4 is 28.8 Å². The van der Waals surface area contributed by atoms with Crippen LogP contribution in [0.5, 0.6) is 5.75 Å². The van der Waals surface area contributed by atoms with Gasteiger partial charge in [-0.25, -0.2) is 0 Å². The van der Waals surface area contributed by atoms with Crippen LogP contribution in [0.4, 0.5) is 0 Å². The van der Waals surface area contributed by atoms with Gasteiger partial charge in [-0.05, 0) is 23.8 Å². The number of thiocarbonyl (C=S) groups is 1. The zero-order valence-electron chi connectivity index (χ0n) is 10.3. The first kappa shape index (κ1) is 13.8. The lowest BCUT2D eigenvalue weighted by molar-refractivity contribution is 0.306. The van der Waals surface area contributed by atoms with Crippen molar-refractivity contribution in [2.24, 2.45) is 5.73 Å². The Hall–Kier alpha value is -1.58. The molecule has 0 heterocycles. The van der Waals surface area contributed by atoms with Gasteiger partial charge in [0, 0.05) is 17.0 Å². The number of rotatable bonds is 5. The van der Waals surface area contributed by atoms with Crippen LogP contribution < -0.4 is 10.5 Å². The first-order chi connectivity index (χ1) is 9.15. The molecule has 0 amide bonds. The van der Waals surface area contributed by atoms with E-state index in [1.165, 1.54) is 0 Å². The molecule has 2 nitrogen and oxygen atoms in total. The standard InChI is InChI=1S/C15H14ClNOS/c16-14-4-2-1-3-12(14)10-18-13-7-5-11(6-8-13)9-15(17)19/h1-8H,9-10H2,(H2,17,19). The Morgan fingerprint density at radius 1 is 1.11 bits per heavy atom. The fraction of sp³-hybridized carbons (Fsp3) is 0.133. The molecule has 0 saturated carbocycles. The van der Waals surface area contributed by atoms with E-state index >= 15 is 0 Å². The van der Waals surface area contributed by atoms with Crippen LogP contribution in [0, 0.1) is 0 Å². The van der Waals surface area contributed by atoms with Gasteiger partial charge in [-0.2, -0.15) is 0 Å². The second-order valence-electron chi connectivity index (χ2n) is 4.17. The minimum absolute atomic E-state index is 0.453. The summed E-state index contributed by atoms with van der Waals surface area (Å²) in [7, 11) is 0. The Bertz CT molecular complexity index is 569. The Balaban J connectivity index is 1.97. The minimum atomic E-state index is 0.453. The number of hydrogen-bond donors (Lipinski definition) is 1. The van der Waals surface area contributed by atoms with Gasteiger partial charge in [-0.1, -0.05) is 54.2 Å². The van der Waals surface area contributed by atoms with E-state index in [0.29, 0.717) is 23.0 Å². The first-order valence-electron chi connectivity index (χ1n) is 5.88. The fourth-order valence-corrected chi connectivity index (χ4v) is 2.04. The molecule has 0 aliphatic rings. The highest BCUT2D eigenvalue weighted by atomic mass is 35.5. The summed E-state index contributed by atoms with van der Waals surface area (Å²) in [5.41, 5.74) is 7.55. The van der Waals surface area contributed by atoms with Gasteiger partial charge in [0.05, 0.1) is 4.99 Å². The summed E-state index contributed by atoms with van der Waals surface area (Å²) in [4.78, 5) is 0.490. The quantitative estimate of drug-likeness (QED) is 0.852. The Morgan fingerprint density at radius 2 is 1.79 bits per heavy atom. The average molecular weight is 292 g/mol. The van der Waals surface area contributed by atoms with Gasteiger partial charge < -0.3 is 10.5 Å². The maximum atomic E-state index is 6.06. The van der Waals surface area contributed by atoms with E-state index in [9.17, 15) is 0 Å². The van der Waals surface area contributed by atoms with Crippen LogP contribution in [0.3, 0.4) is 0 Å². The molecular weight excluding hydrogens is 278 g/mol. The second kappa shape index (κ2) is 6.55. The average Bonchev–Trinajstić information content (AvgIpc) is 2.39. The number of nitrogens with two attached hydrogens (primary N) is 1. The maximum Gasteiger partial charge on any atom is 0.119 e. The third-order valence-corrected chi connectivity index (χ3v) is 3.17. The summed E-state index contributed by atoms with van der Waals surface area (Å²) in [6.07, 6.45) is 0.611. The van der Waals surface area contributed by atoms with E-state index in [1.54, 1.807) is 0 Å². The van der Waals surface area contributed by atoms with Crippen LogP contribution in [0.25, 0.3) is 0 Å². The topological polar surface area (TPSA) is 35.2 Å². The van der Waals surface area contributed by atoms with Crippen molar-refractivity contribution in [3.8, 4) is 5.75 Å². The van der Waals surface area contributed by atoms with Crippen LogP contribution in [-0.4, -0.2) is 4.99 Å². The lowest BCUT2D eigenvalue weighted by Gasteiger charge is -2.08. The van der Waals surface area contributed by atoms with Crippen molar-refractivity contribution in [3.63, 3.8) is 0 Å². The van der Waals surface area contributed by atoms with Gasteiger partial charge in [0.1, 0.15) is 12.4 Å². The lowest BCUT2D eigenvalue weighted by atomic mass is 10.1. The molecule has 2 aromatic carbocycles. The van der Waals surface area contributed by atoms with Crippen molar-refractivity contribution in [1.82, 2.24) is 0 Å². The molecule has 0 radical (unpaired) electrons. The number of benzene rings is 2. The maximum absolute atomic E-state index is 6.06. The molecule has 4 heteroatoms. The third-order valence-electron chi connectivity index (χ3n) is 2.65. The molecule has 2 aromatic rings. The smallest absolute Gasteiger partial charge is 0.119 e. The van der Waals surface area contributed by atoms with Gasteiger partial charge in [0.2, 0.25) is 0 Å². The van der Waals surface area contributed by atoms with Gasteiger partial charge in [-0.15, -0.1) is 0 Å². The lowest BCUT2D eigenvalue weighted by Crippen LogP contribution is -2.10. The molecule has 19 heavy (non-hydrogen) atoms. The van der Waals surface area contributed by atoms with Crippen LogP contribution >= 0.6 is 23.8 Å². The number of ether oxygens (including phenoxy) is 1. The van der Waals surface area contributed by atoms with Gasteiger partial charge >= 0.3 is 0 Å². The fourth-order valence-electron chi connectivity index (χ4n) is 1.68. The zero-order chi connectivity index (χ0) is 13.7.